The summed E-state index contributed by atoms with van der Waals surface area (Å²) in [4.78, 5) is 2.28. The summed E-state index contributed by atoms with van der Waals surface area (Å²) >= 11 is 12.0. The van der Waals surface area contributed by atoms with Crippen LogP contribution in [0.3, 0.4) is 0 Å². The summed E-state index contributed by atoms with van der Waals surface area (Å²) in [6.45, 7) is 4.39. The number of nitrogens with zero attached hydrogens (tertiary/aromatic N) is 2. The second kappa shape index (κ2) is 6.88. The molecule has 1 aliphatic heterocycles. The molecule has 0 aromatic heterocycles. The third-order valence-corrected chi connectivity index (χ3v) is 3.91. The van der Waals surface area contributed by atoms with Gasteiger partial charge in [-0.15, -0.1) is 0 Å². The van der Waals surface area contributed by atoms with Gasteiger partial charge in [-0.05, 0) is 25.2 Å². The van der Waals surface area contributed by atoms with Crippen molar-refractivity contribution in [2.75, 3.05) is 39.8 Å². The number of nitrogens with one attached hydrogen (secondary N) is 1. The van der Waals surface area contributed by atoms with Crippen LogP contribution in [-0.2, 0) is 0 Å². The Labute approximate surface area is 123 Å². The number of rotatable bonds is 4. The highest BCUT2D eigenvalue weighted by Crippen LogP contribution is 2.26. The number of hydrogen-bond acceptors (Lipinski definition) is 4. The first kappa shape index (κ1) is 15.0. The van der Waals surface area contributed by atoms with Crippen molar-refractivity contribution < 1.29 is 5.11 Å². The molecule has 0 saturated carbocycles. The lowest BCUT2D eigenvalue weighted by atomic mass is 10.1. The molecule has 1 atom stereocenters. The molecular formula is C13H19Cl2N3O. The van der Waals surface area contributed by atoms with Gasteiger partial charge in [0.15, 0.2) is 0 Å². The Kier molecular flexibility index (Phi) is 5.45. The molecule has 1 aliphatic rings. The van der Waals surface area contributed by atoms with E-state index in [1.807, 2.05) is 0 Å². The molecule has 0 bridgehead atoms. The summed E-state index contributed by atoms with van der Waals surface area (Å²) in [6, 6.07) is 5.13. The fraction of sp³-hybridized carbons (Fsp3) is 0.538. The van der Waals surface area contributed by atoms with E-state index in [0.717, 1.165) is 26.2 Å². The van der Waals surface area contributed by atoms with Gasteiger partial charge in [0.1, 0.15) is 0 Å². The van der Waals surface area contributed by atoms with Crippen LogP contribution in [-0.4, -0.2) is 54.8 Å². The standard InChI is InChI=1S/C13H19Cl2N3O/c1-17-4-6-18(7-5-17)16-9-13(19)11-8-10(14)2-3-12(11)15/h2-3,8,13,16,19H,4-7,9H2,1H3. The van der Waals surface area contributed by atoms with E-state index in [4.69, 9.17) is 23.2 Å². The number of hydrazine groups is 1. The highest BCUT2D eigenvalue weighted by molar-refractivity contribution is 6.33. The van der Waals surface area contributed by atoms with Crippen LogP contribution in [0.1, 0.15) is 11.7 Å². The molecule has 4 nitrogen and oxygen atoms in total. The van der Waals surface area contributed by atoms with Crippen molar-refractivity contribution in [3.05, 3.63) is 33.8 Å². The number of piperazine rings is 1. The Morgan fingerprint density at radius 1 is 1.26 bits per heavy atom. The molecule has 0 amide bonds. The van der Waals surface area contributed by atoms with E-state index in [1.54, 1.807) is 18.2 Å². The zero-order valence-corrected chi connectivity index (χ0v) is 12.5. The summed E-state index contributed by atoms with van der Waals surface area (Å²) in [6.07, 6.45) is -0.661. The van der Waals surface area contributed by atoms with Gasteiger partial charge in [0.2, 0.25) is 0 Å². The van der Waals surface area contributed by atoms with Gasteiger partial charge in [-0.1, -0.05) is 23.2 Å². The van der Waals surface area contributed by atoms with Gasteiger partial charge in [0.05, 0.1) is 6.10 Å². The maximum absolute atomic E-state index is 10.2. The first-order valence-electron chi connectivity index (χ1n) is 6.36. The lowest BCUT2D eigenvalue weighted by molar-refractivity contribution is 0.0744. The van der Waals surface area contributed by atoms with Crippen molar-refractivity contribution in [1.29, 1.82) is 0 Å². The predicted octanol–water partition coefficient (Wildman–Crippen LogP) is 1.78. The summed E-state index contributed by atoms with van der Waals surface area (Å²) in [5.74, 6) is 0. The molecule has 1 heterocycles. The van der Waals surface area contributed by atoms with Crippen LogP contribution < -0.4 is 5.43 Å². The smallest absolute Gasteiger partial charge is 0.0943 e. The zero-order chi connectivity index (χ0) is 13.8. The minimum Gasteiger partial charge on any atom is -0.387 e. The average Bonchev–Trinajstić information content (AvgIpc) is 2.40. The fourth-order valence-corrected chi connectivity index (χ4v) is 2.48. The van der Waals surface area contributed by atoms with Crippen LogP contribution in [0.5, 0.6) is 0 Å². The molecule has 2 rings (SSSR count). The lowest BCUT2D eigenvalue weighted by Crippen LogP contribution is -2.51. The van der Waals surface area contributed by atoms with Crippen LogP contribution in [0.2, 0.25) is 10.0 Å². The third kappa shape index (κ3) is 4.31. The van der Waals surface area contributed by atoms with E-state index in [-0.39, 0.29) is 0 Å². The SMILES string of the molecule is CN1CCN(NCC(O)c2cc(Cl)ccc2Cl)CC1. The molecule has 0 radical (unpaired) electrons. The zero-order valence-electron chi connectivity index (χ0n) is 10.9. The Morgan fingerprint density at radius 2 is 1.95 bits per heavy atom. The largest absolute Gasteiger partial charge is 0.387 e. The molecule has 1 unspecified atom stereocenters. The quantitative estimate of drug-likeness (QED) is 0.889. The van der Waals surface area contributed by atoms with Crippen molar-refractivity contribution in [2.45, 2.75) is 6.10 Å². The second-order valence-corrected chi connectivity index (χ2v) is 5.68. The Morgan fingerprint density at radius 3 is 2.63 bits per heavy atom. The lowest BCUT2D eigenvalue weighted by Gasteiger charge is -2.33. The van der Waals surface area contributed by atoms with Gasteiger partial charge >= 0.3 is 0 Å². The topological polar surface area (TPSA) is 38.7 Å². The highest BCUT2D eigenvalue weighted by atomic mass is 35.5. The van der Waals surface area contributed by atoms with E-state index in [2.05, 4.69) is 22.4 Å². The van der Waals surface area contributed by atoms with E-state index >= 15 is 0 Å². The molecule has 0 spiro atoms. The molecule has 1 fully saturated rings. The Bertz CT molecular complexity index is 422. The predicted molar refractivity (Wildman–Crippen MR) is 78.5 cm³/mol. The van der Waals surface area contributed by atoms with Crippen LogP contribution in [0, 0.1) is 0 Å². The van der Waals surface area contributed by atoms with Crippen molar-refractivity contribution in [2.24, 2.45) is 0 Å². The van der Waals surface area contributed by atoms with Crippen molar-refractivity contribution in [3.63, 3.8) is 0 Å². The summed E-state index contributed by atoms with van der Waals surface area (Å²) < 4.78 is 0. The van der Waals surface area contributed by atoms with Gasteiger partial charge in [-0.3, -0.25) is 5.43 Å². The minimum absolute atomic E-state index is 0.434. The highest BCUT2D eigenvalue weighted by Gasteiger charge is 2.16. The Hall–Kier alpha value is -0.360. The van der Waals surface area contributed by atoms with Crippen LogP contribution in [0.4, 0.5) is 0 Å². The molecule has 0 aliphatic carbocycles. The molecule has 6 heteroatoms. The second-order valence-electron chi connectivity index (χ2n) is 4.83. The third-order valence-electron chi connectivity index (χ3n) is 3.33. The minimum atomic E-state index is -0.661. The summed E-state index contributed by atoms with van der Waals surface area (Å²) in [5, 5.41) is 13.4. The summed E-state index contributed by atoms with van der Waals surface area (Å²) in [5.41, 5.74) is 3.90. The average molecular weight is 304 g/mol. The van der Waals surface area contributed by atoms with Crippen LogP contribution in [0.15, 0.2) is 18.2 Å². The van der Waals surface area contributed by atoms with E-state index in [0.29, 0.717) is 22.2 Å². The molecule has 1 aromatic rings. The van der Waals surface area contributed by atoms with Crippen molar-refractivity contribution >= 4 is 23.2 Å². The van der Waals surface area contributed by atoms with Crippen LogP contribution in [0.25, 0.3) is 0 Å². The number of halogens is 2. The van der Waals surface area contributed by atoms with Gasteiger partial charge in [0.25, 0.3) is 0 Å². The number of aliphatic hydroxyl groups is 1. The maximum Gasteiger partial charge on any atom is 0.0943 e. The number of hydrogen-bond donors (Lipinski definition) is 2. The molecule has 106 valence electrons. The van der Waals surface area contributed by atoms with Gasteiger partial charge in [-0.25, -0.2) is 5.01 Å². The first-order chi connectivity index (χ1) is 9.06. The first-order valence-corrected chi connectivity index (χ1v) is 7.12. The molecular weight excluding hydrogens is 285 g/mol. The monoisotopic (exact) mass is 303 g/mol. The maximum atomic E-state index is 10.2. The molecule has 19 heavy (non-hydrogen) atoms. The number of benzene rings is 1. The normalized spacial score (nSPS) is 19.6. The van der Waals surface area contributed by atoms with Gasteiger partial charge in [-0.2, -0.15) is 0 Å². The van der Waals surface area contributed by atoms with E-state index in [1.165, 1.54) is 0 Å². The van der Waals surface area contributed by atoms with Crippen molar-refractivity contribution in [1.82, 2.24) is 15.3 Å². The molecule has 1 saturated heterocycles. The van der Waals surface area contributed by atoms with Crippen LogP contribution >= 0.6 is 23.2 Å². The van der Waals surface area contributed by atoms with Gasteiger partial charge in [0, 0.05) is 48.3 Å². The molecule has 2 N–H and O–H groups in total. The summed E-state index contributed by atoms with van der Waals surface area (Å²) in [7, 11) is 2.11. The fourth-order valence-electron chi connectivity index (χ4n) is 2.06. The van der Waals surface area contributed by atoms with Gasteiger partial charge < -0.3 is 10.0 Å². The van der Waals surface area contributed by atoms with Crippen molar-refractivity contribution in [3.8, 4) is 0 Å². The molecule has 1 aromatic carbocycles. The number of aliphatic hydroxyl groups excluding tert-OH is 1. The van der Waals surface area contributed by atoms with E-state index in [9.17, 15) is 5.11 Å². The van der Waals surface area contributed by atoms with E-state index < -0.39 is 6.10 Å². The number of likely N-dealkylation sites (N-methyl/N-ethyl adjacent to an activating group) is 1. The Balaban J connectivity index is 1.87.